The van der Waals surface area contributed by atoms with Gasteiger partial charge >= 0.3 is 0 Å². The molecule has 2 aliphatic heterocycles. The molecule has 3 unspecified atom stereocenters. The van der Waals surface area contributed by atoms with E-state index in [9.17, 15) is 19.2 Å². The van der Waals surface area contributed by atoms with Crippen LogP contribution in [0.3, 0.4) is 0 Å². The molecule has 0 aromatic heterocycles. The van der Waals surface area contributed by atoms with Crippen LogP contribution in [-0.4, -0.2) is 89.7 Å². The number of carbonyl (C=O) groups is 4. The second-order valence-electron chi connectivity index (χ2n) is 14.4. The van der Waals surface area contributed by atoms with Crippen molar-refractivity contribution >= 4 is 29.3 Å². The minimum Gasteiger partial charge on any atom is -0.371 e. The van der Waals surface area contributed by atoms with E-state index in [0.29, 0.717) is 50.1 Å². The van der Waals surface area contributed by atoms with Crippen LogP contribution in [0.4, 0.5) is 0 Å². The highest BCUT2D eigenvalue weighted by atomic mass is 16.2. The van der Waals surface area contributed by atoms with Crippen molar-refractivity contribution in [2.75, 3.05) is 39.3 Å². The van der Waals surface area contributed by atoms with Crippen LogP contribution >= 0.6 is 0 Å². The lowest BCUT2D eigenvalue weighted by Crippen LogP contribution is -2.61. The summed E-state index contributed by atoms with van der Waals surface area (Å²) in [6, 6.07) is 7.11. The lowest BCUT2D eigenvalue weighted by atomic mass is 10.0. The zero-order valence-electron chi connectivity index (χ0n) is 29.9. The van der Waals surface area contributed by atoms with Crippen molar-refractivity contribution in [3.63, 3.8) is 0 Å². The van der Waals surface area contributed by atoms with Crippen LogP contribution in [-0.2, 0) is 14.4 Å². The molecule has 0 spiro atoms. The number of piperazine rings is 1. The molecule has 2 heterocycles. The van der Waals surface area contributed by atoms with Gasteiger partial charge in [-0.1, -0.05) is 97.3 Å². The van der Waals surface area contributed by atoms with Gasteiger partial charge in [0.1, 0.15) is 6.04 Å². The number of hydrogen-bond donors (Lipinski definition) is 2. The monoisotopic (exact) mass is 663 g/mol. The fourth-order valence-corrected chi connectivity index (χ4v) is 6.96. The minimum absolute atomic E-state index is 0.00455. The highest BCUT2D eigenvalue weighted by Crippen LogP contribution is 2.31. The Kier molecular flexibility index (Phi) is 14.8. The molecule has 2 N–H and O–H groups in total. The van der Waals surface area contributed by atoms with Crippen LogP contribution in [0.5, 0.6) is 0 Å². The topological polar surface area (TPSA) is 102 Å². The quantitative estimate of drug-likeness (QED) is 0.177. The van der Waals surface area contributed by atoms with E-state index in [1.165, 1.54) is 32.1 Å². The molecule has 4 rings (SSSR count). The van der Waals surface area contributed by atoms with E-state index in [1.807, 2.05) is 24.3 Å². The van der Waals surface area contributed by atoms with Gasteiger partial charge in [-0.2, -0.15) is 0 Å². The molecule has 0 bridgehead atoms. The maximum atomic E-state index is 13.7. The van der Waals surface area contributed by atoms with E-state index in [2.05, 4.69) is 42.9 Å². The molecule has 9 heteroatoms. The maximum absolute atomic E-state index is 13.7. The molecule has 0 radical (unpaired) electrons. The van der Waals surface area contributed by atoms with Gasteiger partial charge in [-0.05, 0) is 49.3 Å². The maximum Gasteiger partial charge on any atom is 0.253 e. The number of rotatable bonds is 19. The van der Waals surface area contributed by atoms with Gasteiger partial charge in [0.25, 0.3) is 5.91 Å². The molecular weight excluding hydrogens is 602 g/mol. The number of amides is 4. The summed E-state index contributed by atoms with van der Waals surface area (Å²) in [5, 5.41) is 6.24. The van der Waals surface area contributed by atoms with Gasteiger partial charge in [0.2, 0.25) is 17.7 Å². The molecule has 4 amide bonds. The Bertz CT molecular complexity index is 1230. The van der Waals surface area contributed by atoms with Gasteiger partial charge in [0.05, 0.1) is 12.5 Å². The predicted octanol–water partition coefficient (Wildman–Crippen LogP) is 5.99. The molecule has 3 aliphatic rings. The van der Waals surface area contributed by atoms with Gasteiger partial charge in [-0.3, -0.25) is 19.2 Å². The van der Waals surface area contributed by atoms with Crippen molar-refractivity contribution < 1.29 is 19.2 Å². The van der Waals surface area contributed by atoms with Gasteiger partial charge in [0.15, 0.2) is 0 Å². The molecule has 1 aromatic rings. The fraction of sp³-hybridized carbons (Fsp3) is 0.692. The number of hydrogen-bond acceptors (Lipinski definition) is 5. The molecule has 3 fully saturated rings. The molecule has 4 atom stereocenters. The molecule has 9 nitrogen and oxygen atoms in total. The van der Waals surface area contributed by atoms with Gasteiger partial charge in [-0.15, -0.1) is 0 Å². The van der Waals surface area contributed by atoms with Crippen molar-refractivity contribution in [1.29, 1.82) is 0 Å². The number of benzene rings is 1. The standard InChI is InChI=1S/C39H61N5O4/c1-5-7-9-11-13-15-22-40-38(47)35-28-43(24-25-44(35)36(45)16-14-12-10-8-6-2)39(48)32-19-17-31(18-20-32)30(4)42-23-21-33(27-42)37(46)41-34-26-29(34)3/h17-20,29,33-35H,4-16,21-28H2,1-3H3,(H,40,47)(H,41,46)/t29?,33?,34-,35?/m0/s1. The van der Waals surface area contributed by atoms with Crippen LogP contribution in [0.25, 0.3) is 5.70 Å². The van der Waals surface area contributed by atoms with Gasteiger partial charge in [0, 0.05) is 56.4 Å². The van der Waals surface area contributed by atoms with E-state index < -0.39 is 6.04 Å². The summed E-state index contributed by atoms with van der Waals surface area (Å²) in [5.41, 5.74) is 2.32. The van der Waals surface area contributed by atoms with Crippen molar-refractivity contribution in [2.45, 2.75) is 123 Å². The van der Waals surface area contributed by atoms with Crippen molar-refractivity contribution in [2.24, 2.45) is 11.8 Å². The molecule has 1 aromatic carbocycles. The van der Waals surface area contributed by atoms with E-state index >= 15 is 0 Å². The molecule has 48 heavy (non-hydrogen) atoms. The van der Waals surface area contributed by atoms with Gasteiger partial charge < -0.3 is 25.3 Å². The first-order valence-corrected chi connectivity index (χ1v) is 18.9. The first-order valence-electron chi connectivity index (χ1n) is 18.9. The summed E-state index contributed by atoms with van der Waals surface area (Å²) >= 11 is 0. The van der Waals surface area contributed by atoms with Crippen LogP contribution in [0, 0.1) is 11.8 Å². The minimum atomic E-state index is -0.687. The zero-order chi connectivity index (χ0) is 34.5. The number of nitrogens with zero attached hydrogens (tertiary/aromatic N) is 3. The lowest BCUT2D eigenvalue weighted by molar-refractivity contribution is -0.143. The summed E-state index contributed by atoms with van der Waals surface area (Å²) in [5.74, 6) is 0.389. The largest absolute Gasteiger partial charge is 0.371 e. The average molecular weight is 664 g/mol. The predicted molar refractivity (Wildman–Crippen MR) is 192 cm³/mol. The Hall–Kier alpha value is -3.36. The normalized spacial score (nSPS) is 22.0. The highest BCUT2D eigenvalue weighted by Gasteiger charge is 2.38. The van der Waals surface area contributed by atoms with Crippen LogP contribution in [0.15, 0.2) is 30.8 Å². The van der Waals surface area contributed by atoms with Crippen LogP contribution in [0.2, 0.25) is 0 Å². The second-order valence-corrected chi connectivity index (χ2v) is 14.4. The molecular formula is C39H61N5O4. The SMILES string of the molecule is C=C(c1ccc(C(=O)N2CCN(C(=O)CCCCCCC)C(C(=O)NCCCCCCCC)C2)cc1)N1CCC(C(=O)N[C@H]2CC2C)C1. The van der Waals surface area contributed by atoms with Gasteiger partial charge in [-0.25, -0.2) is 0 Å². The number of likely N-dealkylation sites (tertiary alicyclic amines) is 1. The summed E-state index contributed by atoms with van der Waals surface area (Å²) in [7, 11) is 0. The summed E-state index contributed by atoms with van der Waals surface area (Å²) < 4.78 is 0. The highest BCUT2D eigenvalue weighted by molar-refractivity contribution is 5.96. The average Bonchev–Trinajstić information content (AvgIpc) is 3.56. The van der Waals surface area contributed by atoms with Crippen LogP contribution < -0.4 is 10.6 Å². The Balaban J connectivity index is 1.32. The molecule has 1 saturated carbocycles. The zero-order valence-corrected chi connectivity index (χ0v) is 29.9. The third kappa shape index (κ3) is 10.8. The van der Waals surface area contributed by atoms with E-state index in [-0.39, 0.29) is 36.1 Å². The van der Waals surface area contributed by atoms with Crippen molar-refractivity contribution in [1.82, 2.24) is 25.3 Å². The van der Waals surface area contributed by atoms with E-state index in [0.717, 1.165) is 69.2 Å². The molecule has 266 valence electrons. The molecule has 1 aliphatic carbocycles. The Morgan fingerprint density at radius 2 is 1.40 bits per heavy atom. The Labute approximate surface area is 289 Å². The summed E-state index contributed by atoms with van der Waals surface area (Å²) in [6.45, 7) is 13.8. The number of nitrogens with one attached hydrogen (secondary N) is 2. The van der Waals surface area contributed by atoms with E-state index in [4.69, 9.17) is 0 Å². The number of unbranched alkanes of at least 4 members (excludes halogenated alkanes) is 9. The lowest BCUT2D eigenvalue weighted by Gasteiger charge is -2.40. The van der Waals surface area contributed by atoms with Crippen molar-refractivity contribution in [3.8, 4) is 0 Å². The third-order valence-corrected chi connectivity index (χ3v) is 10.5. The Morgan fingerprint density at radius 1 is 0.771 bits per heavy atom. The first-order chi connectivity index (χ1) is 23.2. The third-order valence-electron chi connectivity index (χ3n) is 10.5. The fourth-order valence-electron chi connectivity index (χ4n) is 6.96. The van der Waals surface area contributed by atoms with E-state index in [1.54, 1.807) is 9.80 Å². The smallest absolute Gasteiger partial charge is 0.253 e. The first kappa shape index (κ1) is 37.5. The second kappa shape index (κ2) is 19.0. The summed E-state index contributed by atoms with van der Waals surface area (Å²) in [4.78, 5) is 58.7. The number of carbonyl (C=O) groups excluding carboxylic acids is 4. The molecule has 2 saturated heterocycles. The Morgan fingerprint density at radius 3 is 2.06 bits per heavy atom. The van der Waals surface area contributed by atoms with Crippen molar-refractivity contribution in [3.05, 3.63) is 42.0 Å². The van der Waals surface area contributed by atoms with Crippen LogP contribution in [0.1, 0.15) is 127 Å². The summed E-state index contributed by atoms with van der Waals surface area (Å²) in [6.07, 6.45) is 14.4.